The molecule has 1 aliphatic carbocycles. The Kier molecular flexibility index (Phi) is 2.13. The van der Waals surface area contributed by atoms with Gasteiger partial charge in [0.25, 0.3) is 0 Å². The van der Waals surface area contributed by atoms with Gasteiger partial charge in [0.05, 0.1) is 6.61 Å². The van der Waals surface area contributed by atoms with Gasteiger partial charge in [-0.3, -0.25) is 5.32 Å². The maximum atomic E-state index is 5.83. The Morgan fingerprint density at radius 1 is 1.25 bits per heavy atom. The number of ether oxygens (including phenoxy) is 1. The van der Waals surface area contributed by atoms with Gasteiger partial charge in [-0.1, -0.05) is 6.92 Å². The minimum atomic E-state index is 0.0753. The van der Waals surface area contributed by atoms with Crippen LogP contribution in [-0.4, -0.2) is 18.4 Å². The molecule has 1 heterocycles. The van der Waals surface area contributed by atoms with Gasteiger partial charge in [0.15, 0.2) is 0 Å². The van der Waals surface area contributed by atoms with E-state index in [0.717, 1.165) is 12.5 Å². The smallest absolute Gasteiger partial charge is 0.119 e. The third-order valence-electron chi connectivity index (χ3n) is 3.20. The Morgan fingerprint density at radius 3 is 2.42 bits per heavy atom. The highest BCUT2D eigenvalue weighted by atomic mass is 16.5. The third kappa shape index (κ3) is 1.50. The van der Waals surface area contributed by atoms with Crippen molar-refractivity contribution in [3.8, 4) is 0 Å². The van der Waals surface area contributed by atoms with Crippen molar-refractivity contribution in [2.75, 3.05) is 6.61 Å². The van der Waals surface area contributed by atoms with E-state index < -0.39 is 0 Å². The summed E-state index contributed by atoms with van der Waals surface area (Å²) in [7, 11) is 0. The van der Waals surface area contributed by atoms with Crippen molar-refractivity contribution in [1.29, 1.82) is 0 Å². The van der Waals surface area contributed by atoms with Crippen LogP contribution in [0, 0.1) is 5.92 Å². The minimum Gasteiger partial charge on any atom is -0.359 e. The molecule has 1 saturated heterocycles. The summed E-state index contributed by atoms with van der Waals surface area (Å²) in [5.74, 6) is 0.900. The quantitative estimate of drug-likeness (QED) is 0.598. The number of hydrogen-bond donors (Lipinski definition) is 1. The van der Waals surface area contributed by atoms with Gasteiger partial charge in [0, 0.05) is 6.04 Å². The zero-order valence-corrected chi connectivity index (χ0v) is 8.10. The van der Waals surface area contributed by atoms with Gasteiger partial charge in [-0.15, -0.1) is 0 Å². The van der Waals surface area contributed by atoms with Gasteiger partial charge in [0.1, 0.15) is 5.72 Å². The normalized spacial score (nSPS) is 48.5. The first-order chi connectivity index (χ1) is 5.70. The van der Waals surface area contributed by atoms with Gasteiger partial charge >= 0.3 is 0 Å². The van der Waals surface area contributed by atoms with Gasteiger partial charge in [-0.05, 0) is 38.5 Å². The summed E-state index contributed by atoms with van der Waals surface area (Å²) in [4.78, 5) is 0. The summed E-state index contributed by atoms with van der Waals surface area (Å²) in [5, 5.41) is 3.57. The monoisotopic (exact) mass is 169 g/mol. The molecule has 1 N–H and O–H groups in total. The Morgan fingerprint density at radius 2 is 1.92 bits per heavy atom. The molecule has 12 heavy (non-hydrogen) atoms. The average Bonchev–Trinajstić information content (AvgIpc) is 2.40. The summed E-state index contributed by atoms with van der Waals surface area (Å²) in [6, 6.07) is 0.554. The first kappa shape index (κ1) is 8.52. The van der Waals surface area contributed by atoms with Crippen LogP contribution in [0.5, 0.6) is 0 Å². The zero-order chi connectivity index (χ0) is 8.60. The molecule has 2 fully saturated rings. The number of rotatable bonds is 0. The van der Waals surface area contributed by atoms with Crippen molar-refractivity contribution in [3.63, 3.8) is 0 Å². The zero-order valence-electron chi connectivity index (χ0n) is 8.10. The lowest BCUT2D eigenvalue weighted by molar-refractivity contribution is -0.0468. The Labute approximate surface area is 74.7 Å². The predicted octanol–water partition coefficient (Wildman–Crippen LogP) is 1.90. The van der Waals surface area contributed by atoms with Crippen LogP contribution in [0.2, 0.25) is 0 Å². The van der Waals surface area contributed by atoms with Crippen molar-refractivity contribution in [2.45, 2.75) is 51.3 Å². The second kappa shape index (κ2) is 3.00. The lowest BCUT2D eigenvalue weighted by Crippen LogP contribution is -2.45. The van der Waals surface area contributed by atoms with Crippen molar-refractivity contribution in [2.24, 2.45) is 5.92 Å². The molecule has 2 heteroatoms. The first-order valence-corrected chi connectivity index (χ1v) is 5.12. The van der Waals surface area contributed by atoms with Gasteiger partial charge in [-0.25, -0.2) is 0 Å². The van der Waals surface area contributed by atoms with Crippen molar-refractivity contribution >= 4 is 0 Å². The SMILES string of the molecule is CC1CCC2(CC1)NC(C)CO2. The van der Waals surface area contributed by atoms with Gasteiger partial charge in [0.2, 0.25) is 0 Å². The molecule has 0 aromatic rings. The maximum Gasteiger partial charge on any atom is 0.119 e. The second-order valence-electron chi connectivity index (χ2n) is 4.53. The molecule has 1 unspecified atom stereocenters. The van der Waals surface area contributed by atoms with Crippen molar-refractivity contribution < 1.29 is 4.74 Å². The molecule has 70 valence electrons. The lowest BCUT2D eigenvalue weighted by atomic mass is 9.85. The number of hydrogen-bond acceptors (Lipinski definition) is 2. The number of nitrogens with one attached hydrogen (secondary N) is 1. The molecule has 0 aromatic carbocycles. The summed E-state index contributed by atoms with van der Waals surface area (Å²) in [6.07, 6.45) is 5.05. The Hall–Kier alpha value is -0.0800. The fourth-order valence-corrected chi connectivity index (χ4v) is 2.33. The molecule has 1 atom stereocenters. The van der Waals surface area contributed by atoms with E-state index in [9.17, 15) is 0 Å². The van der Waals surface area contributed by atoms with Crippen LogP contribution in [0.3, 0.4) is 0 Å². The molecule has 0 radical (unpaired) electrons. The molecule has 0 amide bonds. The highest BCUT2D eigenvalue weighted by molar-refractivity contribution is 4.90. The minimum absolute atomic E-state index is 0.0753. The average molecular weight is 169 g/mol. The predicted molar refractivity (Wildman–Crippen MR) is 48.9 cm³/mol. The summed E-state index contributed by atoms with van der Waals surface area (Å²) in [6.45, 7) is 5.44. The van der Waals surface area contributed by atoms with E-state index in [1.807, 2.05) is 0 Å². The fourth-order valence-electron chi connectivity index (χ4n) is 2.33. The van der Waals surface area contributed by atoms with E-state index in [0.29, 0.717) is 6.04 Å². The molecular formula is C10H19NO. The lowest BCUT2D eigenvalue weighted by Gasteiger charge is -2.35. The molecule has 0 bridgehead atoms. The summed E-state index contributed by atoms with van der Waals surface area (Å²) in [5.41, 5.74) is 0.0753. The van der Waals surface area contributed by atoms with E-state index in [1.165, 1.54) is 25.7 Å². The van der Waals surface area contributed by atoms with Gasteiger partial charge in [-0.2, -0.15) is 0 Å². The topological polar surface area (TPSA) is 21.3 Å². The third-order valence-corrected chi connectivity index (χ3v) is 3.20. The molecule has 2 aliphatic rings. The van der Waals surface area contributed by atoms with E-state index in [1.54, 1.807) is 0 Å². The van der Waals surface area contributed by atoms with Crippen LogP contribution in [-0.2, 0) is 4.74 Å². The Balaban J connectivity index is 1.95. The van der Waals surface area contributed by atoms with Crippen LogP contribution in [0.1, 0.15) is 39.5 Å². The fraction of sp³-hybridized carbons (Fsp3) is 1.00. The summed E-state index contributed by atoms with van der Waals surface area (Å²) < 4.78 is 5.83. The van der Waals surface area contributed by atoms with E-state index in [2.05, 4.69) is 19.2 Å². The summed E-state index contributed by atoms with van der Waals surface area (Å²) >= 11 is 0. The van der Waals surface area contributed by atoms with E-state index >= 15 is 0 Å². The molecule has 2 nitrogen and oxygen atoms in total. The van der Waals surface area contributed by atoms with Gasteiger partial charge < -0.3 is 4.74 Å². The van der Waals surface area contributed by atoms with Crippen LogP contribution >= 0.6 is 0 Å². The highest BCUT2D eigenvalue weighted by Crippen LogP contribution is 2.35. The maximum absolute atomic E-state index is 5.83. The van der Waals surface area contributed by atoms with Crippen molar-refractivity contribution in [3.05, 3.63) is 0 Å². The second-order valence-corrected chi connectivity index (χ2v) is 4.53. The van der Waals surface area contributed by atoms with Crippen LogP contribution in [0.4, 0.5) is 0 Å². The van der Waals surface area contributed by atoms with Crippen LogP contribution < -0.4 is 5.32 Å². The van der Waals surface area contributed by atoms with E-state index in [-0.39, 0.29) is 5.72 Å². The first-order valence-electron chi connectivity index (χ1n) is 5.12. The van der Waals surface area contributed by atoms with Crippen LogP contribution in [0.25, 0.3) is 0 Å². The molecule has 1 aliphatic heterocycles. The standard InChI is InChI=1S/C10H19NO/c1-8-3-5-10(6-4-8)11-9(2)7-12-10/h8-9,11H,3-7H2,1-2H3. The largest absolute Gasteiger partial charge is 0.359 e. The Bertz CT molecular complexity index is 161. The molecule has 0 aromatic heterocycles. The molecule has 1 saturated carbocycles. The van der Waals surface area contributed by atoms with Crippen molar-refractivity contribution in [1.82, 2.24) is 5.32 Å². The molecule has 2 rings (SSSR count). The molecule has 1 spiro atoms. The molecular weight excluding hydrogens is 150 g/mol. The van der Waals surface area contributed by atoms with Crippen LogP contribution in [0.15, 0.2) is 0 Å². The highest BCUT2D eigenvalue weighted by Gasteiger charge is 2.40. The van der Waals surface area contributed by atoms with E-state index in [4.69, 9.17) is 4.74 Å².